The maximum atomic E-state index is 11.0. The van der Waals surface area contributed by atoms with Crippen LogP contribution in [0.4, 0.5) is 0 Å². The van der Waals surface area contributed by atoms with Crippen LogP contribution in [0.3, 0.4) is 0 Å². The smallest absolute Gasteiger partial charge is 0.313 e. The van der Waals surface area contributed by atoms with E-state index in [1.54, 1.807) is 13.8 Å². The molecule has 14 heavy (non-hydrogen) atoms. The molecule has 1 aromatic carbocycles. The minimum atomic E-state index is -0.809. The largest absolute Gasteiger partial charge is 0.481 e. The van der Waals surface area contributed by atoms with Gasteiger partial charge in [0.15, 0.2) is 0 Å². The van der Waals surface area contributed by atoms with Gasteiger partial charge in [-0.2, -0.15) is 0 Å². The van der Waals surface area contributed by atoms with E-state index in [-0.39, 0.29) is 0 Å². The molecule has 0 saturated heterocycles. The topological polar surface area (TPSA) is 37.3 Å². The maximum absolute atomic E-state index is 11.0. The van der Waals surface area contributed by atoms with Crippen LogP contribution in [0.25, 0.3) is 0 Å². The van der Waals surface area contributed by atoms with Gasteiger partial charge in [0.1, 0.15) is 0 Å². The van der Waals surface area contributed by atoms with E-state index < -0.39 is 11.4 Å². The third kappa shape index (κ3) is 1.95. The van der Waals surface area contributed by atoms with Crippen molar-refractivity contribution in [2.45, 2.75) is 33.1 Å². The fraction of sp³-hybridized carbons (Fsp3) is 0.417. The van der Waals surface area contributed by atoms with Crippen molar-refractivity contribution < 1.29 is 9.90 Å². The SMILES string of the molecule is Cc1cc(C)cc(C(C)(C)C(=O)O)c1. The minimum Gasteiger partial charge on any atom is -0.481 e. The van der Waals surface area contributed by atoms with Crippen molar-refractivity contribution in [3.8, 4) is 0 Å². The van der Waals surface area contributed by atoms with Crippen LogP contribution in [0, 0.1) is 13.8 Å². The van der Waals surface area contributed by atoms with E-state index in [2.05, 4.69) is 0 Å². The lowest BCUT2D eigenvalue weighted by Gasteiger charge is -2.20. The van der Waals surface area contributed by atoms with Crippen LogP contribution in [-0.2, 0) is 10.2 Å². The van der Waals surface area contributed by atoms with E-state index in [1.807, 2.05) is 32.0 Å². The fourth-order valence-corrected chi connectivity index (χ4v) is 1.46. The van der Waals surface area contributed by atoms with E-state index in [4.69, 9.17) is 5.11 Å². The summed E-state index contributed by atoms with van der Waals surface area (Å²) in [7, 11) is 0. The Morgan fingerprint density at radius 3 is 1.93 bits per heavy atom. The summed E-state index contributed by atoms with van der Waals surface area (Å²) < 4.78 is 0. The lowest BCUT2D eigenvalue weighted by atomic mass is 9.83. The number of carbonyl (C=O) groups is 1. The van der Waals surface area contributed by atoms with E-state index in [0.29, 0.717) is 0 Å². The Morgan fingerprint density at radius 1 is 1.14 bits per heavy atom. The van der Waals surface area contributed by atoms with Gasteiger partial charge < -0.3 is 5.11 Å². The normalized spacial score (nSPS) is 11.4. The average Bonchev–Trinajstić information content (AvgIpc) is 2.01. The van der Waals surface area contributed by atoms with Gasteiger partial charge in [0.25, 0.3) is 0 Å². The molecule has 0 amide bonds. The van der Waals surface area contributed by atoms with Crippen LogP contribution >= 0.6 is 0 Å². The molecule has 0 fully saturated rings. The highest BCUT2D eigenvalue weighted by Crippen LogP contribution is 2.25. The van der Waals surface area contributed by atoms with E-state index in [1.165, 1.54) is 0 Å². The first kappa shape index (κ1) is 10.8. The van der Waals surface area contributed by atoms with Crippen molar-refractivity contribution in [1.82, 2.24) is 0 Å². The Hall–Kier alpha value is -1.31. The molecule has 0 aliphatic heterocycles. The predicted molar refractivity (Wildman–Crippen MR) is 56.6 cm³/mol. The summed E-state index contributed by atoms with van der Waals surface area (Å²) in [6.45, 7) is 7.41. The van der Waals surface area contributed by atoms with Gasteiger partial charge in [-0.3, -0.25) is 4.79 Å². The van der Waals surface area contributed by atoms with Gasteiger partial charge in [-0.25, -0.2) is 0 Å². The molecule has 0 aliphatic rings. The Balaban J connectivity index is 3.25. The Kier molecular flexibility index (Phi) is 2.65. The Labute approximate surface area is 84.6 Å². The molecule has 0 heterocycles. The van der Waals surface area contributed by atoms with Crippen molar-refractivity contribution in [1.29, 1.82) is 0 Å². The summed E-state index contributed by atoms with van der Waals surface area (Å²) in [6.07, 6.45) is 0. The van der Waals surface area contributed by atoms with Gasteiger partial charge >= 0.3 is 5.97 Å². The number of aliphatic carboxylic acids is 1. The Morgan fingerprint density at radius 2 is 1.57 bits per heavy atom. The molecule has 0 spiro atoms. The summed E-state index contributed by atoms with van der Waals surface area (Å²) in [5.74, 6) is -0.789. The molecule has 1 aromatic rings. The second kappa shape index (κ2) is 3.45. The number of carboxylic acid groups (broad SMARTS) is 1. The number of rotatable bonds is 2. The zero-order valence-corrected chi connectivity index (χ0v) is 9.09. The molecule has 0 saturated carbocycles. The maximum Gasteiger partial charge on any atom is 0.313 e. The van der Waals surface area contributed by atoms with Crippen molar-refractivity contribution in [2.24, 2.45) is 0 Å². The summed E-state index contributed by atoms with van der Waals surface area (Å²) in [4.78, 5) is 11.0. The molecule has 76 valence electrons. The first-order valence-corrected chi connectivity index (χ1v) is 4.66. The van der Waals surface area contributed by atoms with Crippen LogP contribution in [0.2, 0.25) is 0 Å². The average molecular weight is 192 g/mol. The molecular formula is C12H16O2. The molecular weight excluding hydrogens is 176 g/mol. The lowest BCUT2D eigenvalue weighted by molar-refractivity contribution is -0.142. The van der Waals surface area contributed by atoms with Crippen molar-refractivity contribution in [3.63, 3.8) is 0 Å². The first-order chi connectivity index (χ1) is 6.34. The zero-order valence-electron chi connectivity index (χ0n) is 9.09. The summed E-state index contributed by atoms with van der Waals surface area (Å²) in [5.41, 5.74) is 2.27. The molecule has 0 radical (unpaired) electrons. The van der Waals surface area contributed by atoms with Gasteiger partial charge in [-0.15, -0.1) is 0 Å². The molecule has 2 nitrogen and oxygen atoms in total. The second-order valence-electron chi connectivity index (χ2n) is 4.31. The predicted octanol–water partition coefficient (Wildman–Crippen LogP) is 2.67. The molecule has 0 bridgehead atoms. The Bertz CT molecular complexity index is 344. The van der Waals surface area contributed by atoms with Crippen LogP contribution in [0.15, 0.2) is 18.2 Å². The number of benzene rings is 1. The van der Waals surface area contributed by atoms with Crippen molar-refractivity contribution >= 4 is 5.97 Å². The van der Waals surface area contributed by atoms with Crippen LogP contribution in [-0.4, -0.2) is 11.1 Å². The lowest BCUT2D eigenvalue weighted by Crippen LogP contribution is -2.28. The highest BCUT2D eigenvalue weighted by Gasteiger charge is 2.29. The molecule has 0 unspecified atom stereocenters. The van der Waals surface area contributed by atoms with Crippen LogP contribution < -0.4 is 0 Å². The van der Waals surface area contributed by atoms with Gasteiger partial charge in [0.2, 0.25) is 0 Å². The van der Waals surface area contributed by atoms with Gasteiger partial charge in [-0.1, -0.05) is 29.3 Å². The number of carboxylic acids is 1. The van der Waals surface area contributed by atoms with Crippen molar-refractivity contribution in [2.75, 3.05) is 0 Å². The summed E-state index contributed by atoms with van der Waals surface area (Å²) >= 11 is 0. The zero-order chi connectivity index (χ0) is 10.9. The van der Waals surface area contributed by atoms with Crippen molar-refractivity contribution in [3.05, 3.63) is 34.9 Å². The molecule has 1 rings (SSSR count). The highest BCUT2D eigenvalue weighted by molar-refractivity contribution is 5.80. The number of aryl methyl sites for hydroxylation is 2. The van der Waals surface area contributed by atoms with Gasteiger partial charge in [0, 0.05) is 0 Å². The molecule has 0 atom stereocenters. The molecule has 0 aliphatic carbocycles. The monoisotopic (exact) mass is 192 g/mol. The molecule has 0 aromatic heterocycles. The fourth-order valence-electron chi connectivity index (χ4n) is 1.46. The standard InChI is InChI=1S/C12H16O2/c1-8-5-9(2)7-10(6-8)12(3,4)11(13)14/h5-7H,1-4H3,(H,13,14). The number of hydrogen-bond donors (Lipinski definition) is 1. The second-order valence-corrected chi connectivity index (χ2v) is 4.31. The molecule has 2 heteroatoms. The van der Waals surface area contributed by atoms with E-state index in [0.717, 1.165) is 16.7 Å². The summed E-state index contributed by atoms with van der Waals surface area (Å²) in [6, 6.07) is 5.91. The quantitative estimate of drug-likeness (QED) is 0.782. The van der Waals surface area contributed by atoms with Gasteiger partial charge in [0.05, 0.1) is 5.41 Å². The summed E-state index contributed by atoms with van der Waals surface area (Å²) in [5, 5.41) is 9.08. The van der Waals surface area contributed by atoms with Crippen LogP contribution in [0.5, 0.6) is 0 Å². The minimum absolute atomic E-state index is 0.789. The third-order valence-electron chi connectivity index (χ3n) is 2.48. The third-order valence-corrected chi connectivity index (χ3v) is 2.48. The first-order valence-electron chi connectivity index (χ1n) is 4.66. The van der Waals surface area contributed by atoms with E-state index >= 15 is 0 Å². The van der Waals surface area contributed by atoms with Gasteiger partial charge in [-0.05, 0) is 33.3 Å². The van der Waals surface area contributed by atoms with Crippen LogP contribution in [0.1, 0.15) is 30.5 Å². The van der Waals surface area contributed by atoms with E-state index in [9.17, 15) is 4.79 Å². The highest BCUT2D eigenvalue weighted by atomic mass is 16.4. The molecule has 1 N–H and O–H groups in total. The number of hydrogen-bond acceptors (Lipinski definition) is 1.